The first-order valence-corrected chi connectivity index (χ1v) is 6.70. The van der Waals surface area contributed by atoms with E-state index >= 15 is 0 Å². The SMILES string of the molecule is O=C(N[C@H](CF)[C@H](O)c1ccc(Br)cc1)C(Cl)Cl. The standard InChI is InChI=1S/C11H11BrCl2FNO2/c12-7-3-1-6(2-4-7)9(17)8(5-15)16-11(18)10(13)14/h1-4,8-10,17H,5H2,(H,16,18)/t8-,9-/m1/s1. The number of amides is 1. The minimum Gasteiger partial charge on any atom is -0.386 e. The van der Waals surface area contributed by atoms with Gasteiger partial charge >= 0.3 is 0 Å². The Labute approximate surface area is 122 Å². The molecule has 0 aliphatic rings. The van der Waals surface area contributed by atoms with Gasteiger partial charge in [-0.2, -0.15) is 0 Å². The molecule has 0 aromatic heterocycles. The molecule has 0 saturated heterocycles. The second kappa shape index (κ2) is 7.28. The number of nitrogens with one attached hydrogen (secondary N) is 1. The molecule has 1 rings (SSSR count). The Morgan fingerprint density at radius 1 is 1.39 bits per heavy atom. The molecule has 1 amide bonds. The van der Waals surface area contributed by atoms with Crippen LogP contribution >= 0.6 is 39.1 Å². The number of carbonyl (C=O) groups is 1. The summed E-state index contributed by atoms with van der Waals surface area (Å²) in [4.78, 5) is 9.95. The van der Waals surface area contributed by atoms with E-state index in [2.05, 4.69) is 21.2 Å². The highest BCUT2D eigenvalue weighted by Crippen LogP contribution is 2.20. The molecule has 2 atom stereocenters. The zero-order chi connectivity index (χ0) is 13.7. The number of carbonyl (C=O) groups excluding carboxylic acids is 1. The number of aliphatic hydroxyl groups is 1. The highest BCUT2D eigenvalue weighted by molar-refractivity contribution is 9.10. The molecule has 0 radical (unpaired) electrons. The number of hydrogen-bond acceptors (Lipinski definition) is 2. The number of aliphatic hydroxyl groups excluding tert-OH is 1. The molecular weight excluding hydrogens is 348 g/mol. The minimum atomic E-state index is -1.30. The van der Waals surface area contributed by atoms with Crippen LogP contribution in [-0.2, 0) is 4.79 Å². The molecule has 3 nitrogen and oxygen atoms in total. The van der Waals surface area contributed by atoms with Crippen LogP contribution in [0.15, 0.2) is 28.7 Å². The van der Waals surface area contributed by atoms with Gasteiger partial charge in [0.25, 0.3) is 5.91 Å². The molecule has 0 spiro atoms. The zero-order valence-corrected chi connectivity index (χ0v) is 12.2. The molecule has 7 heteroatoms. The van der Waals surface area contributed by atoms with Crippen LogP contribution < -0.4 is 5.32 Å². The van der Waals surface area contributed by atoms with Crippen molar-refractivity contribution in [2.24, 2.45) is 0 Å². The van der Waals surface area contributed by atoms with E-state index in [1.807, 2.05) is 0 Å². The maximum atomic E-state index is 12.8. The Morgan fingerprint density at radius 2 is 1.94 bits per heavy atom. The van der Waals surface area contributed by atoms with Gasteiger partial charge in [-0.25, -0.2) is 4.39 Å². The predicted molar refractivity (Wildman–Crippen MR) is 72.5 cm³/mol. The number of alkyl halides is 3. The van der Waals surface area contributed by atoms with Crippen LogP contribution in [0.5, 0.6) is 0 Å². The lowest BCUT2D eigenvalue weighted by Gasteiger charge is -2.22. The molecule has 0 bridgehead atoms. The molecule has 100 valence electrons. The van der Waals surface area contributed by atoms with Crippen molar-refractivity contribution < 1.29 is 14.3 Å². The average molecular weight is 359 g/mol. The zero-order valence-electron chi connectivity index (χ0n) is 9.12. The fourth-order valence-corrected chi connectivity index (χ4v) is 1.73. The smallest absolute Gasteiger partial charge is 0.253 e. The summed E-state index contributed by atoms with van der Waals surface area (Å²) in [7, 11) is 0. The van der Waals surface area contributed by atoms with E-state index in [0.29, 0.717) is 5.56 Å². The quantitative estimate of drug-likeness (QED) is 0.795. The number of hydrogen-bond donors (Lipinski definition) is 2. The van der Waals surface area contributed by atoms with Gasteiger partial charge in [-0.1, -0.05) is 51.3 Å². The molecular formula is C11H11BrCl2FNO2. The van der Waals surface area contributed by atoms with Crippen molar-refractivity contribution in [3.05, 3.63) is 34.3 Å². The summed E-state index contributed by atoms with van der Waals surface area (Å²) in [5, 5.41) is 12.2. The summed E-state index contributed by atoms with van der Waals surface area (Å²) in [6, 6.07) is 5.59. The van der Waals surface area contributed by atoms with Crippen molar-refractivity contribution in [3.8, 4) is 0 Å². The highest BCUT2D eigenvalue weighted by Gasteiger charge is 2.24. The van der Waals surface area contributed by atoms with Crippen molar-refractivity contribution in [1.82, 2.24) is 5.32 Å². The van der Waals surface area contributed by atoms with E-state index in [0.717, 1.165) is 4.47 Å². The van der Waals surface area contributed by atoms with Crippen LogP contribution in [0, 0.1) is 0 Å². The van der Waals surface area contributed by atoms with E-state index in [-0.39, 0.29) is 0 Å². The van der Waals surface area contributed by atoms with Crippen molar-refractivity contribution in [3.63, 3.8) is 0 Å². The third-order valence-electron chi connectivity index (χ3n) is 2.28. The van der Waals surface area contributed by atoms with Gasteiger partial charge in [-0.15, -0.1) is 0 Å². The maximum Gasteiger partial charge on any atom is 0.253 e. The average Bonchev–Trinajstić information content (AvgIpc) is 2.35. The molecule has 1 aromatic rings. The van der Waals surface area contributed by atoms with Gasteiger partial charge in [0.05, 0.1) is 6.04 Å². The number of halogens is 4. The lowest BCUT2D eigenvalue weighted by atomic mass is 10.0. The van der Waals surface area contributed by atoms with Crippen molar-refractivity contribution in [2.75, 3.05) is 6.67 Å². The second-order valence-electron chi connectivity index (χ2n) is 3.57. The summed E-state index contributed by atoms with van der Waals surface area (Å²) in [5.41, 5.74) is 0.488. The van der Waals surface area contributed by atoms with Gasteiger partial charge in [-0.3, -0.25) is 4.79 Å². The highest BCUT2D eigenvalue weighted by atomic mass is 79.9. The molecule has 0 unspecified atom stereocenters. The Morgan fingerprint density at radius 3 is 2.39 bits per heavy atom. The maximum absolute atomic E-state index is 12.8. The van der Waals surface area contributed by atoms with Gasteiger partial charge in [-0.05, 0) is 17.7 Å². The number of benzene rings is 1. The second-order valence-corrected chi connectivity index (χ2v) is 5.58. The van der Waals surface area contributed by atoms with Crippen LogP contribution in [0.25, 0.3) is 0 Å². The van der Waals surface area contributed by atoms with Gasteiger partial charge in [0.2, 0.25) is 0 Å². The van der Waals surface area contributed by atoms with Crippen LogP contribution in [0.3, 0.4) is 0 Å². The molecule has 18 heavy (non-hydrogen) atoms. The first kappa shape index (κ1) is 15.7. The minimum absolute atomic E-state index is 0.488. The molecule has 0 aliphatic heterocycles. The van der Waals surface area contributed by atoms with E-state index in [9.17, 15) is 14.3 Å². The third-order valence-corrected chi connectivity index (χ3v) is 3.21. The van der Waals surface area contributed by atoms with Crippen molar-refractivity contribution in [2.45, 2.75) is 17.0 Å². The number of rotatable bonds is 5. The van der Waals surface area contributed by atoms with E-state index in [4.69, 9.17) is 23.2 Å². The molecule has 0 fully saturated rings. The first-order chi connectivity index (χ1) is 8.45. The normalized spacial score (nSPS) is 14.3. The van der Waals surface area contributed by atoms with E-state index in [1.165, 1.54) is 0 Å². The third kappa shape index (κ3) is 4.39. The van der Waals surface area contributed by atoms with Crippen LogP contribution in [0.1, 0.15) is 11.7 Å². The molecule has 0 aliphatic carbocycles. The summed E-state index contributed by atoms with van der Waals surface area (Å²) >= 11 is 13.9. The molecule has 2 N–H and O–H groups in total. The first-order valence-electron chi connectivity index (χ1n) is 5.03. The topological polar surface area (TPSA) is 49.3 Å². The van der Waals surface area contributed by atoms with E-state index < -0.39 is 29.6 Å². The largest absolute Gasteiger partial charge is 0.386 e. The fourth-order valence-electron chi connectivity index (χ4n) is 1.34. The fraction of sp³-hybridized carbons (Fsp3) is 0.364. The van der Waals surface area contributed by atoms with Crippen LogP contribution in [0.2, 0.25) is 0 Å². The Kier molecular flexibility index (Phi) is 6.35. The van der Waals surface area contributed by atoms with Crippen LogP contribution in [-0.4, -0.2) is 28.6 Å². The summed E-state index contributed by atoms with van der Waals surface area (Å²) < 4.78 is 13.7. The van der Waals surface area contributed by atoms with Crippen LogP contribution in [0.4, 0.5) is 4.39 Å². The van der Waals surface area contributed by atoms with E-state index in [1.54, 1.807) is 24.3 Å². The van der Waals surface area contributed by atoms with Crippen molar-refractivity contribution in [1.29, 1.82) is 0 Å². The summed E-state index contributed by atoms with van der Waals surface area (Å²) in [6.07, 6.45) is -1.17. The lowest BCUT2D eigenvalue weighted by Crippen LogP contribution is -2.43. The predicted octanol–water partition coefficient (Wildman–Crippen LogP) is 2.74. The molecule has 0 saturated carbocycles. The van der Waals surface area contributed by atoms with Crippen molar-refractivity contribution >= 4 is 45.0 Å². The Balaban J connectivity index is 2.75. The van der Waals surface area contributed by atoms with Gasteiger partial charge in [0.1, 0.15) is 12.8 Å². The summed E-state index contributed by atoms with van der Waals surface area (Å²) in [6.45, 7) is -0.927. The van der Waals surface area contributed by atoms with Gasteiger partial charge in [0, 0.05) is 4.47 Å². The monoisotopic (exact) mass is 357 g/mol. The Hall–Kier alpha value is -0.360. The summed E-state index contributed by atoms with van der Waals surface area (Å²) in [5.74, 6) is -0.739. The lowest BCUT2D eigenvalue weighted by molar-refractivity contribution is -0.121. The molecule has 0 heterocycles. The Bertz CT molecular complexity index is 403. The molecule has 1 aromatic carbocycles. The van der Waals surface area contributed by atoms with Gasteiger partial charge in [0.15, 0.2) is 4.84 Å². The van der Waals surface area contributed by atoms with Gasteiger partial charge < -0.3 is 10.4 Å².